The molecule has 23 heavy (non-hydrogen) atoms. The third kappa shape index (κ3) is 4.25. The second-order valence-electron chi connectivity index (χ2n) is 4.70. The first kappa shape index (κ1) is 17.8. The topological polar surface area (TPSA) is 66.2 Å². The van der Waals surface area contributed by atoms with Crippen LogP contribution < -0.4 is 0 Å². The molecule has 2 N–H and O–H groups in total. The fraction of sp³-hybridized carbons (Fsp3) is 0. The van der Waals surface area contributed by atoms with Gasteiger partial charge in [0.15, 0.2) is 0 Å². The number of rotatable bonds is 0. The molecule has 4 rings (SSSR count). The van der Waals surface area contributed by atoms with E-state index in [2.05, 4.69) is 9.97 Å². The maximum absolute atomic E-state index is 9.31. The molecule has 0 aliphatic carbocycles. The van der Waals surface area contributed by atoms with Crippen molar-refractivity contribution >= 4 is 70.7 Å². The second-order valence-corrected chi connectivity index (χ2v) is 4.70. The molecule has 4 aromatic rings. The number of aromatic hydroxyl groups is 2. The number of hydrogen-bond acceptors (Lipinski definition) is 4. The number of pyridine rings is 2. The summed E-state index contributed by atoms with van der Waals surface area (Å²) in [6.07, 6.45) is 3.34. The molecule has 0 saturated heterocycles. The average Bonchev–Trinajstić information content (AvgIpc) is 2.57. The van der Waals surface area contributed by atoms with E-state index in [-0.39, 0.29) is 63.2 Å². The van der Waals surface area contributed by atoms with Gasteiger partial charge in [0, 0.05) is 23.2 Å². The molecule has 0 spiro atoms. The largest absolute Gasteiger partial charge is 2.00 e. The van der Waals surface area contributed by atoms with Gasteiger partial charge in [-0.15, -0.1) is 0 Å². The van der Waals surface area contributed by atoms with Crippen LogP contribution >= 0.6 is 0 Å². The molecule has 0 unspecified atom stereocenters. The van der Waals surface area contributed by atoms with Crippen LogP contribution in [-0.4, -0.2) is 69.1 Å². The Morgan fingerprint density at radius 2 is 1.00 bits per heavy atom. The van der Waals surface area contributed by atoms with Crippen LogP contribution in [0.4, 0.5) is 0 Å². The van der Waals surface area contributed by atoms with E-state index < -0.39 is 0 Å². The fourth-order valence-electron chi connectivity index (χ4n) is 2.18. The maximum atomic E-state index is 9.31. The first-order valence-electron chi connectivity index (χ1n) is 6.81. The van der Waals surface area contributed by atoms with Gasteiger partial charge in [-0.05, 0) is 24.3 Å². The Morgan fingerprint density at radius 1 is 0.609 bits per heavy atom. The van der Waals surface area contributed by atoms with Gasteiger partial charge in [0.05, 0.1) is 0 Å². The van der Waals surface area contributed by atoms with Crippen LogP contribution in [0.15, 0.2) is 73.1 Å². The van der Waals surface area contributed by atoms with Gasteiger partial charge in [-0.1, -0.05) is 36.4 Å². The van der Waals surface area contributed by atoms with Gasteiger partial charge in [-0.2, -0.15) is 0 Å². The number of phenols is 2. The second kappa shape index (κ2) is 8.33. The fourth-order valence-corrected chi connectivity index (χ4v) is 2.18. The van der Waals surface area contributed by atoms with Crippen LogP contribution in [0.2, 0.25) is 0 Å². The first-order chi connectivity index (χ1) is 10.8. The summed E-state index contributed by atoms with van der Waals surface area (Å²) in [6, 6.07) is 18.3. The maximum Gasteiger partial charge on any atom is 2.00 e. The van der Waals surface area contributed by atoms with E-state index in [1.54, 1.807) is 36.7 Å². The van der Waals surface area contributed by atoms with Gasteiger partial charge in [-0.3, -0.25) is 9.97 Å². The van der Waals surface area contributed by atoms with Crippen LogP contribution in [0.1, 0.15) is 2.85 Å². The number of phenolic OH excluding ortho intramolecular Hbond substituents is 2. The average molecular weight is 430 g/mol. The molecule has 2 aromatic heterocycles. The summed E-state index contributed by atoms with van der Waals surface area (Å²) in [5, 5.41) is 20.5. The molecule has 0 aliphatic heterocycles. The summed E-state index contributed by atoms with van der Waals surface area (Å²) < 4.78 is 0. The number of para-hydroxylation sites is 2. The molecular formula is C18H16BaN2O2. The number of hydrogen-bond donors (Lipinski definition) is 2. The summed E-state index contributed by atoms with van der Waals surface area (Å²) >= 11 is 0. The smallest absolute Gasteiger partial charge is 1.00 e. The number of nitrogens with zero attached hydrogens (tertiary/aromatic N) is 2. The van der Waals surface area contributed by atoms with E-state index in [1.807, 2.05) is 36.4 Å². The molecule has 0 radical (unpaired) electrons. The summed E-state index contributed by atoms with van der Waals surface area (Å²) in [5.41, 5.74) is 1.32. The zero-order chi connectivity index (χ0) is 15.4. The van der Waals surface area contributed by atoms with E-state index in [4.69, 9.17) is 0 Å². The Balaban J connectivity index is 0.000000411. The van der Waals surface area contributed by atoms with Crippen molar-refractivity contribution < 1.29 is 13.1 Å². The van der Waals surface area contributed by atoms with Gasteiger partial charge in [-0.25, -0.2) is 0 Å². The Hall–Kier alpha value is -1.57. The summed E-state index contributed by atoms with van der Waals surface area (Å²) in [5.74, 6) is 0.478. The first-order valence-corrected chi connectivity index (χ1v) is 6.81. The van der Waals surface area contributed by atoms with Gasteiger partial charge < -0.3 is 13.1 Å². The predicted octanol–water partition coefficient (Wildman–Crippen LogP) is 3.73. The Labute approximate surface area is 176 Å². The van der Waals surface area contributed by atoms with E-state index in [1.165, 1.54) is 0 Å². The minimum absolute atomic E-state index is 0. The van der Waals surface area contributed by atoms with E-state index in [9.17, 15) is 10.2 Å². The normalized spacial score (nSPS) is 9.74. The van der Waals surface area contributed by atoms with Crippen molar-refractivity contribution in [3.63, 3.8) is 0 Å². The molecule has 0 aliphatic rings. The van der Waals surface area contributed by atoms with E-state index in [0.717, 1.165) is 10.8 Å². The molecule has 5 heteroatoms. The monoisotopic (exact) mass is 430 g/mol. The molecule has 0 amide bonds. The van der Waals surface area contributed by atoms with Crippen molar-refractivity contribution in [2.45, 2.75) is 0 Å². The number of fused-ring (bicyclic) bond motifs is 2. The van der Waals surface area contributed by atoms with Crippen LogP contribution in [0, 0.1) is 0 Å². The summed E-state index contributed by atoms with van der Waals surface area (Å²) in [7, 11) is 0. The number of aromatic nitrogens is 2. The molecular weight excluding hydrogens is 414 g/mol. The molecule has 112 valence electrons. The Bertz CT molecular complexity index is 851. The SMILES string of the molecule is Oc1cccc2cccnc12.Oc1cccc2cccnc12.[Ba+2].[H-].[H-]. The molecule has 4 nitrogen and oxygen atoms in total. The summed E-state index contributed by atoms with van der Waals surface area (Å²) in [6.45, 7) is 0. The molecule has 0 fully saturated rings. The van der Waals surface area contributed by atoms with Gasteiger partial charge in [0.2, 0.25) is 0 Å². The summed E-state index contributed by atoms with van der Waals surface area (Å²) in [4.78, 5) is 8.06. The minimum atomic E-state index is 0. The molecule has 2 aromatic carbocycles. The van der Waals surface area contributed by atoms with Gasteiger partial charge in [0.25, 0.3) is 0 Å². The molecule has 2 heterocycles. The Morgan fingerprint density at radius 3 is 1.39 bits per heavy atom. The van der Waals surface area contributed by atoms with Crippen molar-refractivity contribution in [3.8, 4) is 11.5 Å². The van der Waals surface area contributed by atoms with Crippen LogP contribution in [0.3, 0.4) is 0 Å². The van der Waals surface area contributed by atoms with Crippen molar-refractivity contribution in [2.75, 3.05) is 0 Å². The molecule has 0 atom stereocenters. The zero-order valence-corrected chi connectivity index (χ0v) is 16.9. The van der Waals surface area contributed by atoms with Crippen molar-refractivity contribution in [1.29, 1.82) is 0 Å². The quantitative estimate of drug-likeness (QED) is 0.418. The zero-order valence-electron chi connectivity index (χ0n) is 14.4. The van der Waals surface area contributed by atoms with Crippen LogP contribution in [0.25, 0.3) is 21.8 Å². The van der Waals surface area contributed by atoms with Crippen molar-refractivity contribution in [1.82, 2.24) is 9.97 Å². The third-order valence-electron chi connectivity index (χ3n) is 3.22. The van der Waals surface area contributed by atoms with Crippen LogP contribution in [-0.2, 0) is 0 Å². The predicted molar refractivity (Wildman–Crippen MR) is 94.8 cm³/mol. The van der Waals surface area contributed by atoms with Crippen LogP contribution in [0.5, 0.6) is 11.5 Å². The van der Waals surface area contributed by atoms with Crippen molar-refractivity contribution in [2.24, 2.45) is 0 Å². The minimum Gasteiger partial charge on any atom is -1.00 e. The van der Waals surface area contributed by atoms with E-state index >= 15 is 0 Å². The number of benzene rings is 2. The Kier molecular flexibility index (Phi) is 6.44. The molecule has 0 bridgehead atoms. The molecule has 0 saturated carbocycles. The van der Waals surface area contributed by atoms with E-state index in [0.29, 0.717) is 11.0 Å². The van der Waals surface area contributed by atoms with Gasteiger partial charge in [0.1, 0.15) is 22.5 Å². The van der Waals surface area contributed by atoms with Gasteiger partial charge >= 0.3 is 48.9 Å². The van der Waals surface area contributed by atoms with Crippen molar-refractivity contribution in [3.05, 3.63) is 73.1 Å². The third-order valence-corrected chi connectivity index (χ3v) is 3.22. The standard InChI is InChI=1S/2C9H7NO.Ba.2H/c2*11-8-5-1-3-7-4-2-6-10-9(7)8;;;/h2*1-6,11H;;;/q;;+2;2*-1.